The number of hydrogen-bond acceptors (Lipinski definition) is 9. The first-order valence-electron chi connectivity index (χ1n) is 8.00. The molecule has 1 atom stereocenters. The molecule has 1 aromatic carbocycles. The lowest BCUT2D eigenvalue weighted by atomic mass is 10.1. The van der Waals surface area contributed by atoms with Gasteiger partial charge in [-0.1, -0.05) is 4.41 Å². The van der Waals surface area contributed by atoms with E-state index in [1.54, 1.807) is 0 Å². The van der Waals surface area contributed by atoms with Crippen molar-refractivity contribution in [3.05, 3.63) is 33.9 Å². The van der Waals surface area contributed by atoms with Crippen LogP contribution < -0.4 is 5.30 Å². The van der Waals surface area contributed by atoms with E-state index in [4.69, 9.17) is 16.3 Å². The Morgan fingerprint density at radius 1 is 1.26 bits per heavy atom. The van der Waals surface area contributed by atoms with Gasteiger partial charge < -0.3 is 14.5 Å². The number of amides is 1. The van der Waals surface area contributed by atoms with Gasteiger partial charge in [-0.05, 0) is 24.6 Å². The van der Waals surface area contributed by atoms with Gasteiger partial charge in [-0.25, -0.2) is 21.6 Å². The first-order chi connectivity index (χ1) is 13.9. The molecule has 0 aliphatic heterocycles. The Balaban J connectivity index is 3.38. The van der Waals surface area contributed by atoms with Crippen LogP contribution in [-0.4, -0.2) is 71.4 Å². The van der Waals surface area contributed by atoms with Crippen molar-refractivity contribution in [1.29, 1.82) is 0 Å². The molecule has 0 fully saturated rings. The number of halogens is 1. The molecule has 0 spiro atoms. The highest BCUT2D eigenvalue weighted by Crippen LogP contribution is 2.38. The highest BCUT2D eigenvalue weighted by molar-refractivity contribution is 7.91. The van der Waals surface area contributed by atoms with E-state index in [-0.39, 0.29) is 20.3 Å². The Labute approximate surface area is 182 Å². The number of hydrogen-bond donors (Lipinski definition) is 2. The lowest BCUT2D eigenvalue weighted by Gasteiger charge is -2.30. The number of carbonyl (C=O) groups is 1. The molecule has 0 aromatic heterocycles. The number of nitro benzene ring substituents is 1. The summed E-state index contributed by atoms with van der Waals surface area (Å²) in [4.78, 5) is 41.2. The smallest absolute Gasteiger partial charge is 0.440 e. The fourth-order valence-corrected chi connectivity index (χ4v) is 5.55. The summed E-state index contributed by atoms with van der Waals surface area (Å²) in [7, 11) is -13.9. The SMILES string of the molecule is CC(OC(=O)N(N(CCCl)S(C)(=O)=O)S(C)(=O)=O)c1ccc([N+](=O)[O-])c(P(=O)(O)O)c1. The molecule has 1 unspecified atom stereocenters. The van der Waals surface area contributed by atoms with Crippen LogP contribution in [0.3, 0.4) is 0 Å². The van der Waals surface area contributed by atoms with E-state index >= 15 is 0 Å². The van der Waals surface area contributed by atoms with Gasteiger partial charge in [0.2, 0.25) is 10.0 Å². The maximum Gasteiger partial charge on any atom is 0.440 e. The largest absolute Gasteiger partial charge is 0.440 e. The molecule has 1 aromatic rings. The molecule has 0 saturated heterocycles. The molecule has 1 rings (SSSR count). The molecule has 1 amide bonds. The minimum absolute atomic E-state index is 0.131. The third-order valence-corrected chi connectivity index (χ3v) is 6.93. The number of alkyl halides is 1. The van der Waals surface area contributed by atoms with E-state index in [0.29, 0.717) is 12.5 Å². The summed E-state index contributed by atoms with van der Waals surface area (Å²) < 4.78 is 64.5. The fourth-order valence-electron chi connectivity index (χ4n) is 2.30. The quantitative estimate of drug-likeness (QED) is 0.194. The lowest BCUT2D eigenvalue weighted by molar-refractivity contribution is -0.383. The molecule has 14 nitrogen and oxygen atoms in total. The monoisotopic (exact) mass is 523 g/mol. The van der Waals surface area contributed by atoms with E-state index < -0.39 is 62.3 Å². The van der Waals surface area contributed by atoms with Crippen LogP contribution in [0.1, 0.15) is 18.6 Å². The van der Waals surface area contributed by atoms with Crippen LogP contribution in [0.4, 0.5) is 10.5 Å². The van der Waals surface area contributed by atoms with Crippen LogP contribution in [0.15, 0.2) is 18.2 Å². The highest BCUT2D eigenvalue weighted by Gasteiger charge is 2.38. The number of ether oxygens (including phenoxy) is 1. The van der Waals surface area contributed by atoms with Crippen LogP contribution in [-0.2, 0) is 29.3 Å². The Morgan fingerprint density at radius 2 is 1.81 bits per heavy atom. The molecule has 18 heteroatoms. The third kappa shape index (κ3) is 7.10. The minimum atomic E-state index is -5.09. The topological polar surface area (TPSA) is 202 Å². The molecule has 176 valence electrons. The minimum Gasteiger partial charge on any atom is -0.440 e. The number of hydrazine groups is 1. The van der Waals surface area contributed by atoms with Crippen LogP contribution in [0.5, 0.6) is 0 Å². The summed E-state index contributed by atoms with van der Waals surface area (Å²) in [5.41, 5.74) is -1.01. The molecular formula is C13H19ClN3O11PS2. The average Bonchev–Trinajstić information content (AvgIpc) is 2.57. The van der Waals surface area contributed by atoms with E-state index in [0.717, 1.165) is 18.2 Å². The summed E-state index contributed by atoms with van der Waals surface area (Å²) in [5.74, 6) is -0.365. The zero-order valence-electron chi connectivity index (χ0n) is 16.3. The van der Waals surface area contributed by atoms with Crippen molar-refractivity contribution in [2.45, 2.75) is 13.0 Å². The molecule has 0 aliphatic rings. The van der Waals surface area contributed by atoms with Gasteiger partial charge in [-0.2, -0.15) is 0 Å². The van der Waals surface area contributed by atoms with Gasteiger partial charge in [0.15, 0.2) is 0 Å². The van der Waals surface area contributed by atoms with Crippen LogP contribution in [0.25, 0.3) is 0 Å². The zero-order valence-corrected chi connectivity index (χ0v) is 19.6. The maximum absolute atomic E-state index is 12.5. The van der Waals surface area contributed by atoms with Gasteiger partial charge in [0.05, 0.1) is 17.4 Å². The standard InChI is InChI=1S/C13H19ClN3O11PS2/c1-9(10-4-5-11(17(19)20)12(8-10)29(21,22)23)28-13(18)16(31(3,26)27)15(7-6-14)30(2,24)25/h4-5,8-9H,6-7H2,1-3H3,(H2,21,22,23). The first kappa shape index (κ1) is 27.2. The number of carbonyl (C=O) groups excluding carboxylic acids is 1. The number of nitrogens with zero attached hydrogens (tertiary/aromatic N) is 3. The van der Waals surface area contributed by atoms with Crippen molar-refractivity contribution in [2.24, 2.45) is 0 Å². The first-order valence-corrected chi connectivity index (χ1v) is 13.8. The number of nitro groups is 1. The molecule has 0 saturated carbocycles. The van der Waals surface area contributed by atoms with Crippen molar-refractivity contribution in [3.63, 3.8) is 0 Å². The average molecular weight is 524 g/mol. The Morgan fingerprint density at radius 3 is 2.19 bits per heavy atom. The lowest BCUT2D eigenvalue weighted by Crippen LogP contribution is -2.52. The highest BCUT2D eigenvalue weighted by atomic mass is 35.5. The van der Waals surface area contributed by atoms with Crippen molar-refractivity contribution < 1.29 is 45.6 Å². The van der Waals surface area contributed by atoms with Crippen LogP contribution >= 0.6 is 19.2 Å². The number of sulfonamides is 2. The van der Waals surface area contributed by atoms with E-state index in [2.05, 4.69) is 0 Å². The molecule has 0 heterocycles. The summed E-state index contributed by atoms with van der Waals surface area (Å²) in [6.07, 6.45) is -1.86. The maximum atomic E-state index is 12.5. The second-order valence-corrected chi connectivity index (χ2v) is 11.7. The Bertz CT molecular complexity index is 1120. The van der Waals surface area contributed by atoms with E-state index in [1.165, 1.54) is 6.92 Å². The van der Waals surface area contributed by atoms with Gasteiger partial charge in [0.1, 0.15) is 11.4 Å². The Hall–Kier alpha value is -1.81. The summed E-state index contributed by atoms with van der Waals surface area (Å²) in [5, 5.41) is 10.0. The van der Waals surface area contributed by atoms with Crippen molar-refractivity contribution in [3.8, 4) is 0 Å². The fraction of sp³-hybridized carbons (Fsp3) is 0.462. The zero-order chi connectivity index (χ0) is 24.4. The van der Waals surface area contributed by atoms with Crippen molar-refractivity contribution >= 4 is 56.3 Å². The van der Waals surface area contributed by atoms with Crippen LogP contribution in [0, 0.1) is 10.1 Å². The number of benzene rings is 1. The second-order valence-electron chi connectivity index (χ2n) is 6.08. The van der Waals surface area contributed by atoms with Gasteiger partial charge in [0, 0.05) is 18.5 Å². The summed E-state index contributed by atoms with van der Waals surface area (Å²) >= 11 is 5.49. The number of rotatable bonds is 9. The Kier molecular flexibility index (Phi) is 8.58. The van der Waals surface area contributed by atoms with Crippen LogP contribution in [0.2, 0.25) is 0 Å². The summed E-state index contributed by atoms with van der Waals surface area (Å²) in [6.45, 7) is 0.589. The van der Waals surface area contributed by atoms with Gasteiger partial charge in [-0.15, -0.1) is 16.0 Å². The predicted molar refractivity (Wildman–Crippen MR) is 109 cm³/mol. The molecular weight excluding hydrogens is 505 g/mol. The molecule has 0 bridgehead atoms. The normalized spacial score (nSPS) is 13.6. The summed E-state index contributed by atoms with van der Waals surface area (Å²) in [6, 6.07) is 2.54. The molecule has 0 aliphatic carbocycles. The van der Waals surface area contributed by atoms with Crippen molar-refractivity contribution in [2.75, 3.05) is 24.9 Å². The second kappa shape index (κ2) is 9.77. The van der Waals surface area contributed by atoms with Gasteiger partial charge >= 0.3 is 13.7 Å². The third-order valence-electron chi connectivity index (χ3n) is 3.59. The van der Waals surface area contributed by atoms with E-state index in [9.17, 15) is 46.1 Å². The van der Waals surface area contributed by atoms with Crippen molar-refractivity contribution in [1.82, 2.24) is 8.83 Å². The van der Waals surface area contributed by atoms with Gasteiger partial charge in [0.25, 0.3) is 15.7 Å². The van der Waals surface area contributed by atoms with Gasteiger partial charge in [-0.3, -0.25) is 14.7 Å². The predicted octanol–water partition coefficient (Wildman–Crippen LogP) is 0.272. The van der Waals surface area contributed by atoms with E-state index in [1.807, 2.05) is 0 Å². The molecule has 0 radical (unpaired) electrons. The molecule has 31 heavy (non-hydrogen) atoms. The molecule has 2 N–H and O–H groups in total.